The van der Waals surface area contributed by atoms with Crippen molar-refractivity contribution in [2.75, 3.05) is 12.4 Å². The first-order valence-electron chi connectivity index (χ1n) is 6.20. The van der Waals surface area contributed by atoms with Crippen molar-refractivity contribution >= 4 is 21.6 Å². The number of para-hydroxylation sites is 1. The van der Waals surface area contributed by atoms with Gasteiger partial charge in [-0.1, -0.05) is 18.2 Å². The molecule has 1 N–H and O–H groups in total. The Balaban J connectivity index is 2.00. The van der Waals surface area contributed by atoms with E-state index in [0.717, 1.165) is 16.7 Å². The molecule has 0 spiro atoms. The maximum absolute atomic E-state index is 5.21. The van der Waals surface area contributed by atoms with Crippen LogP contribution < -0.4 is 5.32 Å². The Labute approximate surface area is 121 Å². The molecule has 0 amide bonds. The summed E-state index contributed by atoms with van der Waals surface area (Å²) in [6.45, 7) is 3.56. The molecule has 19 heavy (non-hydrogen) atoms. The standard InChI is InChI=1S/C14H18BrN3O/c1-11(8-18-9-13(15)7-16-18)17-14-6-4-3-5-12(14)10-19-2/h3-7,9,11,17H,8,10H2,1-2H3. The van der Waals surface area contributed by atoms with Crippen molar-refractivity contribution in [2.45, 2.75) is 26.1 Å². The lowest BCUT2D eigenvalue weighted by atomic mass is 10.1. The average Bonchev–Trinajstić information content (AvgIpc) is 2.77. The van der Waals surface area contributed by atoms with Crippen LogP contribution in [0, 0.1) is 0 Å². The normalized spacial score (nSPS) is 12.4. The van der Waals surface area contributed by atoms with E-state index >= 15 is 0 Å². The zero-order valence-corrected chi connectivity index (χ0v) is 12.7. The van der Waals surface area contributed by atoms with Crippen molar-refractivity contribution in [1.29, 1.82) is 0 Å². The van der Waals surface area contributed by atoms with Crippen LogP contribution in [0.5, 0.6) is 0 Å². The fourth-order valence-electron chi connectivity index (χ4n) is 1.97. The van der Waals surface area contributed by atoms with Crippen LogP contribution in [0.4, 0.5) is 5.69 Å². The second-order valence-electron chi connectivity index (χ2n) is 4.52. The van der Waals surface area contributed by atoms with E-state index in [1.165, 1.54) is 5.56 Å². The lowest BCUT2D eigenvalue weighted by Gasteiger charge is -2.18. The maximum atomic E-state index is 5.21. The quantitative estimate of drug-likeness (QED) is 0.886. The van der Waals surface area contributed by atoms with E-state index in [1.54, 1.807) is 13.3 Å². The number of hydrogen-bond donors (Lipinski definition) is 1. The predicted molar refractivity (Wildman–Crippen MR) is 80.2 cm³/mol. The number of methoxy groups -OCH3 is 1. The first kappa shape index (κ1) is 14.1. The summed E-state index contributed by atoms with van der Waals surface area (Å²) >= 11 is 3.40. The van der Waals surface area contributed by atoms with E-state index in [-0.39, 0.29) is 6.04 Å². The highest BCUT2D eigenvalue weighted by Crippen LogP contribution is 2.17. The zero-order chi connectivity index (χ0) is 13.7. The summed E-state index contributed by atoms with van der Waals surface area (Å²) in [7, 11) is 1.71. The van der Waals surface area contributed by atoms with Gasteiger partial charge in [0.1, 0.15) is 0 Å². The molecule has 2 rings (SSSR count). The minimum Gasteiger partial charge on any atom is -0.380 e. The minimum atomic E-state index is 0.282. The largest absolute Gasteiger partial charge is 0.380 e. The monoisotopic (exact) mass is 323 g/mol. The molecule has 0 aliphatic heterocycles. The smallest absolute Gasteiger partial charge is 0.0733 e. The van der Waals surface area contributed by atoms with Gasteiger partial charge in [0, 0.05) is 30.6 Å². The van der Waals surface area contributed by atoms with Gasteiger partial charge >= 0.3 is 0 Å². The topological polar surface area (TPSA) is 39.1 Å². The Hall–Kier alpha value is -1.33. The van der Waals surface area contributed by atoms with Gasteiger partial charge in [-0.05, 0) is 28.9 Å². The third kappa shape index (κ3) is 4.08. The average molecular weight is 324 g/mol. The number of nitrogens with one attached hydrogen (secondary N) is 1. The molecule has 102 valence electrons. The molecule has 0 aliphatic carbocycles. The zero-order valence-electron chi connectivity index (χ0n) is 11.1. The van der Waals surface area contributed by atoms with E-state index in [1.807, 2.05) is 23.0 Å². The van der Waals surface area contributed by atoms with Crippen molar-refractivity contribution in [1.82, 2.24) is 9.78 Å². The van der Waals surface area contributed by atoms with Crippen LogP contribution in [-0.4, -0.2) is 22.9 Å². The van der Waals surface area contributed by atoms with E-state index < -0.39 is 0 Å². The van der Waals surface area contributed by atoms with Gasteiger partial charge < -0.3 is 10.1 Å². The molecule has 2 aromatic rings. The number of rotatable bonds is 6. The van der Waals surface area contributed by atoms with Gasteiger partial charge in [-0.15, -0.1) is 0 Å². The Kier molecular flexibility index (Phi) is 4.99. The van der Waals surface area contributed by atoms with E-state index in [2.05, 4.69) is 45.4 Å². The molecule has 1 atom stereocenters. The molecule has 0 aliphatic rings. The third-order valence-corrected chi connectivity index (χ3v) is 3.19. The Morgan fingerprint density at radius 3 is 2.89 bits per heavy atom. The van der Waals surface area contributed by atoms with Gasteiger partial charge in [-0.25, -0.2) is 0 Å². The summed E-state index contributed by atoms with van der Waals surface area (Å²) in [5, 5.41) is 7.76. The van der Waals surface area contributed by atoms with Gasteiger partial charge in [-0.2, -0.15) is 5.10 Å². The van der Waals surface area contributed by atoms with Gasteiger partial charge in [0.05, 0.1) is 23.8 Å². The number of aromatic nitrogens is 2. The summed E-state index contributed by atoms with van der Waals surface area (Å²) in [5.74, 6) is 0. The molecule has 0 saturated heterocycles. The molecule has 0 saturated carbocycles. The van der Waals surface area contributed by atoms with Crippen LogP contribution in [0.15, 0.2) is 41.1 Å². The highest BCUT2D eigenvalue weighted by atomic mass is 79.9. The minimum absolute atomic E-state index is 0.282. The second kappa shape index (κ2) is 6.73. The molecule has 5 heteroatoms. The summed E-state index contributed by atoms with van der Waals surface area (Å²) < 4.78 is 8.12. The summed E-state index contributed by atoms with van der Waals surface area (Å²) in [6.07, 6.45) is 3.77. The molecule has 0 fully saturated rings. The Morgan fingerprint density at radius 1 is 1.42 bits per heavy atom. The van der Waals surface area contributed by atoms with E-state index in [9.17, 15) is 0 Å². The number of nitrogens with zero attached hydrogens (tertiary/aromatic N) is 2. The fraction of sp³-hybridized carbons (Fsp3) is 0.357. The Bertz CT molecular complexity index is 527. The fourth-order valence-corrected chi connectivity index (χ4v) is 2.30. The number of benzene rings is 1. The molecule has 4 nitrogen and oxygen atoms in total. The Morgan fingerprint density at radius 2 is 2.21 bits per heavy atom. The maximum Gasteiger partial charge on any atom is 0.0733 e. The molecular formula is C14H18BrN3O. The molecule has 0 bridgehead atoms. The third-order valence-electron chi connectivity index (χ3n) is 2.78. The van der Waals surface area contributed by atoms with Crippen LogP contribution in [0.1, 0.15) is 12.5 Å². The van der Waals surface area contributed by atoms with Crippen molar-refractivity contribution in [3.8, 4) is 0 Å². The molecule has 1 heterocycles. The van der Waals surface area contributed by atoms with Gasteiger partial charge in [0.2, 0.25) is 0 Å². The van der Waals surface area contributed by atoms with Crippen LogP contribution in [0.25, 0.3) is 0 Å². The van der Waals surface area contributed by atoms with Crippen molar-refractivity contribution in [3.63, 3.8) is 0 Å². The van der Waals surface area contributed by atoms with Crippen LogP contribution in [0.2, 0.25) is 0 Å². The molecule has 1 aromatic carbocycles. The van der Waals surface area contributed by atoms with Crippen molar-refractivity contribution in [2.24, 2.45) is 0 Å². The number of halogens is 1. The lowest BCUT2D eigenvalue weighted by Crippen LogP contribution is -2.22. The van der Waals surface area contributed by atoms with Crippen LogP contribution in [0.3, 0.4) is 0 Å². The van der Waals surface area contributed by atoms with E-state index in [0.29, 0.717) is 6.61 Å². The molecule has 1 aromatic heterocycles. The van der Waals surface area contributed by atoms with Crippen molar-refractivity contribution < 1.29 is 4.74 Å². The molecular weight excluding hydrogens is 306 g/mol. The van der Waals surface area contributed by atoms with Crippen LogP contribution in [-0.2, 0) is 17.9 Å². The number of hydrogen-bond acceptors (Lipinski definition) is 3. The first-order chi connectivity index (χ1) is 9.19. The number of ether oxygens (including phenoxy) is 1. The summed E-state index contributed by atoms with van der Waals surface area (Å²) in [5.41, 5.74) is 2.28. The SMILES string of the molecule is COCc1ccccc1NC(C)Cn1cc(Br)cn1. The highest BCUT2D eigenvalue weighted by molar-refractivity contribution is 9.10. The molecule has 1 unspecified atom stereocenters. The predicted octanol–water partition coefficient (Wildman–Crippen LogP) is 3.29. The first-order valence-corrected chi connectivity index (χ1v) is 6.99. The van der Waals surface area contributed by atoms with Crippen LogP contribution >= 0.6 is 15.9 Å². The number of anilines is 1. The van der Waals surface area contributed by atoms with Gasteiger partial charge in [0.25, 0.3) is 0 Å². The van der Waals surface area contributed by atoms with Crippen molar-refractivity contribution in [3.05, 3.63) is 46.7 Å². The van der Waals surface area contributed by atoms with Gasteiger partial charge in [-0.3, -0.25) is 4.68 Å². The summed E-state index contributed by atoms with van der Waals surface area (Å²) in [6, 6.07) is 8.48. The molecule has 0 radical (unpaired) electrons. The lowest BCUT2D eigenvalue weighted by molar-refractivity contribution is 0.185. The van der Waals surface area contributed by atoms with E-state index in [4.69, 9.17) is 4.74 Å². The highest BCUT2D eigenvalue weighted by Gasteiger charge is 2.07. The van der Waals surface area contributed by atoms with Gasteiger partial charge in [0.15, 0.2) is 0 Å². The second-order valence-corrected chi connectivity index (χ2v) is 5.43. The summed E-state index contributed by atoms with van der Waals surface area (Å²) in [4.78, 5) is 0.